The van der Waals surface area contributed by atoms with Crippen LogP contribution in [0.3, 0.4) is 0 Å². The first-order valence-corrected chi connectivity index (χ1v) is 6.56. The van der Waals surface area contributed by atoms with Crippen molar-refractivity contribution in [3.05, 3.63) is 68.7 Å². The van der Waals surface area contributed by atoms with Gasteiger partial charge in [0.15, 0.2) is 11.6 Å². The topological polar surface area (TPSA) is 38.0 Å². The van der Waals surface area contributed by atoms with E-state index in [1.807, 2.05) is 0 Å². The Labute approximate surface area is 122 Å². The molecule has 2 rings (SSSR count). The van der Waals surface area contributed by atoms with Crippen LogP contribution < -0.4 is 11.3 Å². The fourth-order valence-electron chi connectivity index (χ4n) is 1.79. The van der Waals surface area contributed by atoms with Crippen molar-refractivity contribution in [2.24, 2.45) is 5.84 Å². The predicted molar refractivity (Wildman–Crippen MR) is 74.7 cm³/mol. The maximum atomic E-state index is 13.3. The minimum Gasteiger partial charge on any atom is -0.271 e. The molecule has 0 bridgehead atoms. The van der Waals surface area contributed by atoms with E-state index in [4.69, 9.17) is 17.4 Å². The molecule has 0 aliphatic rings. The van der Waals surface area contributed by atoms with E-state index in [0.29, 0.717) is 16.1 Å². The van der Waals surface area contributed by atoms with E-state index in [1.54, 1.807) is 18.2 Å². The van der Waals surface area contributed by atoms with Crippen LogP contribution in [0, 0.1) is 11.6 Å². The molecule has 6 heteroatoms. The number of hydrogen-bond acceptors (Lipinski definition) is 2. The third-order valence-electron chi connectivity index (χ3n) is 2.71. The highest BCUT2D eigenvalue weighted by Crippen LogP contribution is 2.30. The molecule has 0 fully saturated rings. The van der Waals surface area contributed by atoms with Crippen molar-refractivity contribution in [1.82, 2.24) is 5.43 Å². The molecular weight excluding hydrogens is 338 g/mol. The fourth-order valence-corrected chi connectivity index (χ4v) is 2.40. The predicted octanol–water partition coefficient (Wildman–Crippen LogP) is 3.93. The lowest BCUT2D eigenvalue weighted by molar-refractivity contribution is 0.504. The van der Waals surface area contributed by atoms with Gasteiger partial charge in [-0.05, 0) is 41.5 Å². The number of nitrogens with one attached hydrogen (secondary N) is 1. The summed E-state index contributed by atoms with van der Waals surface area (Å²) in [6.07, 6.45) is 0. The number of rotatable bonds is 3. The highest BCUT2D eigenvalue weighted by Gasteiger charge is 2.17. The standard InChI is InChI=1S/C13H10BrClF2N2/c14-8-2-3-10(15)9(6-8)13(19-18)7-1-4-11(16)12(17)5-7/h1-6,13,19H,18H2. The summed E-state index contributed by atoms with van der Waals surface area (Å²) in [6.45, 7) is 0. The maximum Gasteiger partial charge on any atom is 0.159 e. The Bertz CT molecular complexity index is 607. The van der Waals surface area contributed by atoms with Crippen LogP contribution in [-0.4, -0.2) is 0 Å². The first-order valence-electron chi connectivity index (χ1n) is 5.39. The Morgan fingerprint density at radius 3 is 2.47 bits per heavy atom. The van der Waals surface area contributed by atoms with Crippen molar-refractivity contribution in [1.29, 1.82) is 0 Å². The molecule has 2 aromatic rings. The third kappa shape index (κ3) is 3.12. The number of nitrogens with two attached hydrogens (primary N) is 1. The number of hydrogen-bond donors (Lipinski definition) is 2. The van der Waals surface area contributed by atoms with Crippen LogP contribution in [0.5, 0.6) is 0 Å². The second kappa shape index (κ2) is 5.96. The van der Waals surface area contributed by atoms with Crippen molar-refractivity contribution >= 4 is 27.5 Å². The van der Waals surface area contributed by atoms with Gasteiger partial charge in [0.1, 0.15) is 0 Å². The smallest absolute Gasteiger partial charge is 0.159 e. The van der Waals surface area contributed by atoms with Crippen molar-refractivity contribution in [2.75, 3.05) is 0 Å². The lowest BCUT2D eigenvalue weighted by atomic mass is 9.99. The SMILES string of the molecule is NNC(c1ccc(F)c(F)c1)c1cc(Br)ccc1Cl. The number of hydrazine groups is 1. The van der Waals surface area contributed by atoms with E-state index in [2.05, 4.69) is 21.4 Å². The highest BCUT2D eigenvalue weighted by molar-refractivity contribution is 9.10. The van der Waals surface area contributed by atoms with E-state index < -0.39 is 17.7 Å². The Morgan fingerprint density at radius 2 is 1.84 bits per heavy atom. The molecule has 0 saturated heterocycles. The summed E-state index contributed by atoms with van der Waals surface area (Å²) in [6, 6.07) is 8.34. The highest BCUT2D eigenvalue weighted by atomic mass is 79.9. The maximum absolute atomic E-state index is 13.3. The third-order valence-corrected chi connectivity index (χ3v) is 3.55. The van der Waals surface area contributed by atoms with Crippen LogP contribution in [0.1, 0.15) is 17.2 Å². The van der Waals surface area contributed by atoms with Gasteiger partial charge in [-0.25, -0.2) is 14.2 Å². The minimum atomic E-state index is -0.927. The minimum absolute atomic E-state index is 0.482. The first kappa shape index (κ1) is 14.4. The molecule has 0 spiro atoms. The zero-order valence-corrected chi connectivity index (χ0v) is 12.0. The van der Waals surface area contributed by atoms with Crippen molar-refractivity contribution < 1.29 is 8.78 Å². The fraction of sp³-hybridized carbons (Fsp3) is 0.0769. The van der Waals surface area contributed by atoms with Gasteiger partial charge < -0.3 is 0 Å². The number of benzene rings is 2. The summed E-state index contributed by atoms with van der Waals surface area (Å²) in [5.41, 5.74) is 3.71. The van der Waals surface area contributed by atoms with Crippen LogP contribution >= 0.6 is 27.5 Å². The molecule has 1 atom stereocenters. The van der Waals surface area contributed by atoms with Crippen LogP contribution in [0.2, 0.25) is 5.02 Å². The molecule has 0 aliphatic heterocycles. The van der Waals surface area contributed by atoms with E-state index in [1.165, 1.54) is 6.07 Å². The van der Waals surface area contributed by atoms with Gasteiger partial charge in [0.25, 0.3) is 0 Å². The van der Waals surface area contributed by atoms with Gasteiger partial charge in [-0.3, -0.25) is 5.84 Å². The summed E-state index contributed by atoms with van der Waals surface area (Å²) in [4.78, 5) is 0. The molecule has 0 aliphatic carbocycles. The van der Waals surface area contributed by atoms with Gasteiger partial charge in [0.05, 0.1) is 6.04 Å². The van der Waals surface area contributed by atoms with Gasteiger partial charge >= 0.3 is 0 Å². The van der Waals surface area contributed by atoms with Crippen LogP contribution in [0.4, 0.5) is 8.78 Å². The van der Waals surface area contributed by atoms with E-state index in [-0.39, 0.29) is 0 Å². The van der Waals surface area contributed by atoms with Crippen molar-refractivity contribution in [3.8, 4) is 0 Å². The summed E-state index contributed by atoms with van der Waals surface area (Å²) in [5, 5.41) is 0.482. The molecule has 100 valence electrons. The van der Waals surface area contributed by atoms with Crippen molar-refractivity contribution in [3.63, 3.8) is 0 Å². The molecule has 0 aromatic heterocycles. The van der Waals surface area contributed by atoms with Gasteiger partial charge in [-0.1, -0.05) is 33.6 Å². The molecule has 0 saturated carbocycles. The van der Waals surface area contributed by atoms with Gasteiger partial charge in [-0.15, -0.1) is 0 Å². The normalized spacial score (nSPS) is 12.5. The van der Waals surface area contributed by atoms with E-state index in [0.717, 1.165) is 16.6 Å². The zero-order valence-electron chi connectivity index (χ0n) is 9.63. The molecule has 19 heavy (non-hydrogen) atoms. The van der Waals surface area contributed by atoms with Crippen LogP contribution in [-0.2, 0) is 0 Å². The molecule has 2 nitrogen and oxygen atoms in total. The lowest BCUT2D eigenvalue weighted by Crippen LogP contribution is -2.29. The summed E-state index contributed by atoms with van der Waals surface area (Å²) < 4.78 is 27.1. The summed E-state index contributed by atoms with van der Waals surface area (Å²) >= 11 is 9.44. The quantitative estimate of drug-likeness (QED) is 0.652. The zero-order chi connectivity index (χ0) is 14.0. The van der Waals surface area contributed by atoms with Crippen LogP contribution in [0.25, 0.3) is 0 Å². The van der Waals surface area contributed by atoms with E-state index in [9.17, 15) is 8.78 Å². The average molecular weight is 348 g/mol. The molecule has 0 radical (unpaired) electrons. The number of halogens is 4. The van der Waals surface area contributed by atoms with Gasteiger partial charge in [0.2, 0.25) is 0 Å². The largest absolute Gasteiger partial charge is 0.271 e. The lowest BCUT2D eigenvalue weighted by Gasteiger charge is -2.18. The molecular formula is C13H10BrClF2N2. The molecule has 0 amide bonds. The van der Waals surface area contributed by atoms with Crippen molar-refractivity contribution in [2.45, 2.75) is 6.04 Å². The second-order valence-corrected chi connectivity index (χ2v) is 5.26. The Balaban J connectivity index is 2.49. The molecule has 2 aromatic carbocycles. The van der Waals surface area contributed by atoms with E-state index >= 15 is 0 Å². The summed E-state index contributed by atoms with van der Waals surface area (Å²) in [5.74, 6) is 3.67. The molecule has 1 unspecified atom stereocenters. The summed E-state index contributed by atoms with van der Waals surface area (Å²) in [7, 11) is 0. The second-order valence-electron chi connectivity index (χ2n) is 3.94. The Hall–Kier alpha value is -1.01. The van der Waals surface area contributed by atoms with Gasteiger partial charge in [0, 0.05) is 9.50 Å². The van der Waals surface area contributed by atoms with Gasteiger partial charge in [-0.2, -0.15) is 0 Å². The Morgan fingerprint density at radius 1 is 1.11 bits per heavy atom. The molecule has 3 N–H and O–H groups in total. The average Bonchev–Trinajstić information content (AvgIpc) is 2.38. The monoisotopic (exact) mass is 346 g/mol. The first-order chi connectivity index (χ1) is 9.02. The molecule has 0 heterocycles. The Kier molecular flexibility index (Phi) is 4.52. The van der Waals surface area contributed by atoms with Crippen LogP contribution in [0.15, 0.2) is 40.9 Å².